The van der Waals surface area contributed by atoms with Crippen LogP contribution in [0.15, 0.2) is 239 Å². The molecule has 2 aromatic heterocycles. The minimum Gasteiger partial charge on any atom is -0.452 e. The average molecular weight is 1160 g/mol. The van der Waals surface area contributed by atoms with Crippen LogP contribution in [0.3, 0.4) is 0 Å². The molecule has 1 atom stereocenters. The second-order valence-electron chi connectivity index (χ2n) is 26.9. The predicted molar refractivity (Wildman–Crippen MR) is 369 cm³/mol. The predicted octanol–water partition coefficient (Wildman–Crippen LogP) is 22.5. The summed E-state index contributed by atoms with van der Waals surface area (Å²) in [6.45, 7) is 13.6. The van der Waals surface area contributed by atoms with Gasteiger partial charge in [-0.1, -0.05) is 193 Å². The Kier molecular flexibility index (Phi) is 10.7. The minimum absolute atomic E-state index is 0.0657. The molecule has 18 rings (SSSR count). The van der Waals surface area contributed by atoms with Gasteiger partial charge in [0, 0.05) is 45.0 Å². The van der Waals surface area contributed by atoms with Gasteiger partial charge in [0.15, 0.2) is 22.3 Å². The molecule has 13 aromatic carbocycles. The summed E-state index contributed by atoms with van der Waals surface area (Å²) in [7, 11) is 0. The molecule has 0 amide bonds. The first kappa shape index (κ1) is 52.0. The number of nitrogens with zero attached hydrogens (tertiary/aromatic N) is 4. The van der Waals surface area contributed by atoms with E-state index in [1.165, 1.54) is 93.5 Å². The van der Waals surface area contributed by atoms with Crippen molar-refractivity contribution in [2.75, 3.05) is 9.80 Å². The first-order valence-electron chi connectivity index (χ1n) is 31.1. The summed E-state index contributed by atoms with van der Waals surface area (Å²) in [6, 6.07) is 89.7. The Balaban J connectivity index is 0.958. The molecule has 90 heavy (non-hydrogen) atoms. The molecule has 6 heteroatoms. The molecular formula is C84H58N4O2. The highest BCUT2D eigenvalue weighted by Crippen LogP contribution is 2.66. The molecule has 0 bridgehead atoms. The van der Waals surface area contributed by atoms with Gasteiger partial charge in [0.2, 0.25) is 0 Å². The van der Waals surface area contributed by atoms with Crippen molar-refractivity contribution in [3.63, 3.8) is 0 Å². The lowest BCUT2D eigenvalue weighted by molar-refractivity contribution is 0.590. The summed E-state index contributed by atoms with van der Waals surface area (Å²) >= 11 is 0. The molecule has 2 aliphatic carbocycles. The fraction of sp³-hybridized carbons (Fsp3) is 0.119. The maximum absolute atomic E-state index is 10.5. The Labute approximate surface area is 521 Å². The number of rotatable bonds is 4. The number of hydrogen-bond donors (Lipinski definition) is 0. The molecule has 0 saturated carbocycles. The van der Waals surface area contributed by atoms with E-state index in [0.29, 0.717) is 34.3 Å². The van der Waals surface area contributed by atoms with Crippen LogP contribution in [0.2, 0.25) is 0 Å². The van der Waals surface area contributed by atoms with Crippen molar-refractivity contribution in [3.05, 3.63) is 286 Å². The molecule has 1 unspecified atom stereocenters. The number of para-hydroxylation sites is 3. The van der Waals surface area contributed by atoms with Crippen LogP contribution in [0.5, 0.6) is 0 Å². The van der Waals surface area contributed by atoms with Crippen LogP contribution >= 0.6 is 0 Å². The first-order valence-corrected chi connectivity index (χ1v) is 31.1. The van der Waals surface area contributed by atoms with E-state index in [4.69, 9.17) is 8.83 Å². The Morgan fingerprint density at radius 2 is 0.889 bits per heavy atom. The van der Waals surface area contributed by atoms with Crippen LogP contribution in [0.1, 0.15) is 97.2 Å². The van der Waals surface area contributed by atoms with E-state index in [2.05, 4.69) is 270 Å². The van der Waals surface area contributed by atoms with Crippen molar-refractivity contribution in [2.24, 2.45) is 0 Å². The fourth-order valence-corrected chi connectivity index (χ4v) is 15.8. The third-order valence-electron chi connectivity index (χ3n) is 20.0. The number of anilines is 6. The highest BCUT2D eigenvalue weighted by molar-refractivity contribution is 6.26. The van der Waals surface area contributed by atoms with Crippen LogP contribution in [-0.2, 0) is 22.7 Å². The maximum Gasteiger partial charge on any atom is 0.159 e. The molecule has 0 fully saturated rings. The zero-order valence-corrected chi connectivity index (χ0v) is 50.8. The maximum atomic E-state index is 10.5. The van der Waals surface area contributed by atoms with Crippen molar-refractivity contribution in [1.82, 2.24) is 0 Å². The summed E-state index contributed by atoms with van der Waals surface area (Å²) in [5, 5.41) is 32.0. The SMILES string of the molecule is CC(C)(C)c1ccc(N(c2ccc3c(c2)C2(c4ccccc4-c4cc5c6ccccc6c6ccccc6c5cc42)c2cc4c(cc2-3)Cc2ccc3c(oc5c(C#N)cccc53)c2N4c2ccc(C(C)(C)C)cc2)c2cccc3c2oc2c(C#N)cccc23)cc1. The fourth-order valence-electron chi connectivity index (χ4n) is 15.8. The van der Waals surface area contributed by atoms with Crippen molar-refractivity contribution in [1.29, 1.82) is 10.5 Å². The van der Waals surface area contributed by atoms with Gasteiger partial charge in [0.1, 0.15) is 12.1 Å². The van der Waals surface area contributed by atoms with Gasteiger partial charge in [0.05, 0.1) is 33.6 Å². The molecule has 6 nitrogen and oxygen atoms in total. The Hall–Kier alpha value is -11.2. The number of fused-ring (bicyclic) bond motifs is 25. The van der Waals surface area contributed by atoms with E-state index in [9.17, 15) is 10.5 Å². The van der Waals surface area contributed by atoms with Crippen molar-refractivity contribution in [2.45, 2.75) is 64.2 Å². The van der Waals surface area contributed by atoms with Crippen LogP contribution < -0.4 is 9.80 Å². The van der Waals surface area contributed by atoms with Crippen LogP contribution in [0, 0.1) is 22.7 Å². The Bertz CT molecular complexity index is 5760. The first-order chi connectivity index (χ1) is 43.8. The van der Waals surface area contributed by atoms with Crippen LogP contribution in [0.25, 0.3) is 98.4 Å². The standard InChI is InChI=1S/C84H58N4O2/c1-82(2,3)52-29-33-54(34-30-52)87(75-27-15-25-65-63-23-13-16-49(46-85)78(63)89-80(65)75)56-37-39-62-69-41-51-40-48-28-38-66-64-24-14-17-50(47-86)79(64)90-81(66)77(48)88(55-35-31-53(32-36-55)83(4,5)6)76(51)45-74(69)84(72(62)42-56)71-26-12-11-22-61(71)70-43-67-59-20-9-7-18-57(59)58-19-8-10-21-60(58)68(67)44-73(70)84/h7-39,41-45H,40H2,1-6H3. The Morgan fingerprint density at radius 1 is 0.389 bits per heavy atom. The Morgan fingerprint density at radius 3 is 1.53 bits per heavy atom. The number of furan rings is 2. The number of nitriles is 2. The van der Waals surface area contributed by atoms with Crippen molar-refractivity contribution in [3.8, 4) is 34.4 Å². The van der Waals surface area contributed by atoms with E-state index in [0.717, 1.165) is 66.8 Å². The van der Waals surface area contributed by atoms with Crippen LogP contribution in [0.4, 0.5) is 34.1 Å². The quantitative estimate of drug-likeness (QED) is 0.163. The van der Waals surface area contributed by atoms with E-state index >= 15 is 0 Å². The van der Waals surface area contributed by atoms with Gasteiger partial charge in [-0.25, -0.2) is 0 Å². The monoisotopic (exact) mass is 1150 g/mol. The summed E-state index contributed by atoms with van der Waals surface area (Å²) in [4.78, 5) is 4.82. The largest absolute Gasteiger partial charge is 0.452 e. The van der Waals surface area contributed by atoms with Gasteiger partial charge in [-0.15, -0.1) is 0 Å². The summed E-state index contributed by atoms with van der Waals surface area (Å²) in [6.07, 6.45) is 0.664. The number of benzene rings is 13. The van der Waals surface area contributed by atoms with Crippen LogP contribution in [-0.4, -0.2) is 0 Å². The zero-order valence-electron chi connectivity index (χ0n) is 50.8. The molecule has 15 aromatic rings. The van der Waals surface area contributed by atoms with E-state index in [1.54, 1.807) is 0 Å². The third kappa shape index (κ3) is 7.08. The van der Waals surface area contributed by atoms with Crippen molar-refractivity contribution < 1.29 is 8.83 Å². The van der Waals surface area contributed by atoms with E-state index in [-0.39, 0.29) is 10.8 Å². The molecule has 1 aliphatic heterocycles. The average Bonchev–Trinajstić information content (AvgIpc) is 1.49. The highest BCUT2D eigenvalue weighted by Gasteiger charge is 2.53. The van der Waals surface area contributed by atoms with Gasteiger partial charge in [-0.05, 0) is 189 Å². The third-order valence-corrected chi connectivity index (χ3v) is 20.0. The summed E-state index contributed by atoms with van der Waals surface area (Å²) in [5.41, 5.74) is 23.1. The molecule has 1 spiro atoms. The molecule has 0 radical (unpaired) electrons. The lowest BCUT2D eigenvalue weighted by atomic mass is 9.69. The zero-order chi connectivity index (χ0) is 60.7. The van der Waals surface area contributed by atoms with Gasteiger partial charge in [-0.3, -0.25) is 0 Å². The smallest absolute Gasteiger partial charge is 0.159 e. The van der Waals surface area contributed by atoms with Gasteiger partial charge in [0.25, 0.3) is 0 Å². The van der Waals surface area contributed by atoms with Gasteiger partial charge < -0.3 is 18.6 Å². The van der Waals surface area contributed by atoms with E-state index in [1.807, 2.05) is 24.3 Å². The molecule has 426 valence electrons. The second kappa shape index (κ2) is 18.4. The van der Waals surface area contributed by atoms with Gasteiger partial charge >= 0.3 is 0 Å². The summed E-state index contributed by atoms with van der Waals surface area (Å²) < 4.78 is 14.0. The highest BCUT2D eigenvalue weighted by atomic mass is 16.3. The minimum atomic E-state index is -0.841. The molecule has 0 saturated heterocycles. The lowest BCUT2D eigenvalue weighted by Crippen LogP contribution is -2.27. The van der Waals surface area contributed by atoms with Gasteiger partial charge in [-0.2, -0.15) is 10.5 Å². The molecular weight excluding hydrogens is 1100 g/mol. The lowest BCUT2D eigenvalue weighted by Gasteiger charge is -2.36. The second-order valence-corrected chi connectivity index (χ2v) is 26.9. The topological polar surface area (TPSA) is 80.3 Å². The molecule has 3 heterocycles. The molecule has 3 aliphatic rings. The molecule has 0 N–H and O–H groups in total. The number of hydrogen-bond acceptors (Lipinski definition) is 6. The van der Waals surface area contributed by atoms with Crippen molar-refractivity contribution >= 4 is 110 Å². The normalized spacial score (nSPS) is 14.7. The summed E-state index contributed by atoms with van der Waals surface area (Å²) in [5.74, 6) is 0. The van der Waals surface area contributed by atoms with E-state index < -0.39 is 5.41 Å².